The summed E-state index contributed by atoms with van der Waals surface area (Å²) in [4.78, 5) is 4.95. The van der Waals surface area contributed by atoms with E-state index in [2.05, 4.69) is 22.2 Å². The Morgan fingerprint density at radius 2 is 1.65 bits per heavy atom. The molecule has 1 aliphatic carbocycles. The van der Waals surface area contributed by atoms with Crippen molar-refractivity contribution in [3.8, 4) is 0 Å². The molecule has 4 heteroatoms. The van der Waals surface area contributed by atoms with Crippen molar-refractivity contribution < 1.29 is 0 Å². The summed E-state index contributed by atoms with van der Waals surface area (Å²) < 4.78 is 0. The van der Waals surface area contributed by atoms with Crippen LogP contribution in [0.25, 0.3) is 0 Å². The number of hydrogen-bond acceptors (Lipinski definition) is 2. The highest BCUT2D eigenvalue weighted by Crippen LogP contribution is 2.35. The normalized spacial score (nSPS) is 30.1. The lowest BCUT2D eigenvalue weighted by Gasteiger charge is -2.36. The van der Waals surface area contributed by atoms with Crippen LogP contribution in [0.4, 0.5) is 0 Å². The van der Waals surface area contributed by atoms with Crippen LogP contribution in [0, 0.1) is 5.92 Å². The molecule has 114 valence electrons. The molecule has 1 atom stereocenters. The van der Waals surface area contributed by atoms with Crippen molar-refractivity contribution in [1.82, 2.24) is 15.1 Å². The second-order valence-electron chi connectivity index (χ2n) is 6.97. The molecule has 3 rings (SSSR count). The summed E-state index contributed by atoms with van der Waals surface area (Å²) >= 11 is 5.74. The Balaban J connectivity index is 1.53. The number of hydrogen-bond donors (Lipinski definition) is 1. The van der Waals surface area contributed by atoms with E-state index < -0.39 is 0 Å². The standard InChI is InChI=1S/C16H29N3S/c1-18-11-8-14(9-12-18)17-16(20)19-10-4-7-15(19)13-5-2-3-6-13/h13-15H,2-12H2,1H3,(H,17,20)/t15-/m0/s1. The maximum absolute atomic E-state index is 5.74. The maximum atomic E-state index is 5.74. The Bertz CT molecular complexity index is 333. The largest absolute Gasteiger partial charge is 0.360 e. The van der Waals surface area contributed by atoms with Crippen LogP contribution in [0.2, 0.25) is 0 Å². The van der Waals surface area contributed by atoms with Crippen molar-refractivity contribution in [3.05, 3.63) is 0 Å². The molecule has 0 aromatic rings. The lowest BCUT2D eigenvalue weighted by molar-refractivity contribution is 0.236. The molecule has 3 fully saturated rings. The van der Waals surface area contributed by atoms with Crippen LogP contribution in [0.3, 0.4) is 0 Å². The van der Waals surface area contributed by atoms with E-state index in [1.807, 2.05) is 0 Å². The van der Waals surface area contributed by atoms with Crippen molar-refractivity contribution in [2.24, 2.45) is 5.92 Å². The average Bonchev–Trinajstić information content (AvgIpc) is 3.11. The van der Waals surface area contributed by atoms with Crippen LogP contribution in [-0.4, -0.2) is 53.7 Å². The molecule has 1 N–H and O–H groups in total. The Labute approximate surface area is 129 Å². The first kappa shape index (κ1) is 14.6. The van der Waals surface area contributed by atoms with E-state index in [1.54, 1.807) is 0 Å². The first-order valence-corrected chi connectivity index (χ1v) is 8.90. The van der Waals surface area contributed by atoms with E-state index in [1.165, 1.54) is 71.0 Å². The highest BCUT2D eigenvalue weighted by atomic mass is 32.1. The molecule has 0 aromatic carbocycles. The third kappa shape index (κ3) is 3.28. The molecule has 3 nitrogen and oxygen atoms in total. The number of nitrogens with zero attached hydrogens (tertiary/aromatic N) is 2. The van der Waals surface area contributed by atoms with Crippen molar-refractivity contribution in [3.63, 3.8) is 0 Å². The van der Waals surface area contributed by atoms with Crippen LogP contribution >= 0.6 is 12.2 Å². The van der Waals surface area contributed by atoms with Crippen LogP contribution in [-0.2, 0) is 0 Å². The molecule has 0 spiro atoms. The van der Waals surface area contributed by atoms with Gasteiger partial charge in [0, 0.05) is 18.6 Å². The lowest BCUT2D eigenvalue weighted by atomic mass is 9.96. The van der Waals surface area contributed by atoms with Crippen molar-refractivity contribution in [2.45, 2.75) is 63.5 Å². The van der Waals surface area contributed by atoms with Gasteiger partial charge < -0.3 is 15.1 Å². The fourth-order valence-corrected chi connectivity index (χ4v) is 4.68. The number of piperidine rings is 1. The van der Waals surface area contributed by atoms with Gasteiger partial charge in [-0.3, -0.25) is 0 Å². The number of nitrogens with one attached hydrogen (secondary N) is 1. The molecular weight excluding hydrogens is 266 g/mol. The summed E-state index contributed by atoms with van der Waals surface area (Å²) in [6.45, 7) is 3.58. The highest BCUT2D eigenvalue weighted by molar-refractivity contribution is 7.80. The van der Waals surface area contributed by atoms with Crippen molar-refractivity contribution in [2.75, 3.05) is 26.7 Å². The van der Waals surface area contributed by atoms with E-state index in [9.17, 15) is 0 Å². The smallest absolute Gasteiger partial charge is 0.169 e. The van der Waals surface area contributed by atoms with Gasteiger partial charge in [0.1, 0.15) is 0 Å². The zero-order valence-corrected chi connectivity index (χ0v) is 13.6. The molecule has 0 aromatic heterocycles. The first-order chi connectivity index (χ1) is 9.74. The molecule has 1 saturated carbocycles. The zero-order valence-electron chi connectivity index (χ0n) is 12.8. The summed E-state index contributed by atoms with van der Waals surface area (Å²) in [5, 5.41) is 4.72. The third-order valence-corrected chi connectivity index (χ3v) is 5.90. The van der Waals surface area contributed by atoms with Gasteiger partial charge in [0.05, 0.1) is 0 Å². The molecule has 0 bridgehead atoms. The van der Waals surface area contributed by atoms with Crippen molar-refractivity contribution in [1.29, 1.82) is 0 Å². The SMILES string of the molecule is CN1CCC(NC(=S)N2CCC[C@H]2C2CCCC2)CC1. The van der Waals surface area contributed by atoms with Gasteiger partial charge in [-0.05, 0) is 76.8 Å². The summed E-state index contributed by atoms with van der Waals surface area (Å²) in [5.41, 5.74) is 0. The van der Waals surface area contributed by atoms with Crippen molar-refractivity contribution >= 4 is 17.3 Å². The molecule has 20 heavy (non-hydrogen) atoms. The first-order valence-electron chi connectivity index (χ1n) is 8.50. The van der Waals surface area contributed by atoms with Gasteiger partial charge in [0.2, 0.25) is 0 Å². The molecule has 0 unspecified atom stereocenters. The minimum absolute atomic E-state index is 0.600. The minimum atomic E-state index is 0.600. The van der Waals surface area contributed by atoms with Gasteiger partial charge in [0.25, 0.3) is 0 Å². The molecular formula is C16H29N3S. The lowest BCUT2D eigenvalue weighted by Crippen LogP contribution is -2.50. The Kier molecular flexibility index (Phi) is 4.82. The van der Waals surface area contributed by atoms with Gasteiger partial charge >= 0.3 is 0 Å². The van der Waals surface area contributed by atoms with E-state index in [0.29, 0.717) is 6.04 Å². The Morgan fingerprint density at radius 3 is 2.35 bits per heavy atom. The molecule has 2 aliphatic heterocycles. The zero-order chi connectivity index (χ0) is 13.9. The van der Waals surface area contributed by atoms with Crippen LogP contribution in [0.15, 0.2) is 0 Å². The van der Waals surface area contributed by atoms with Gasteiger partial charge in [-0.2, -0.15) is 0 Å². The molecule has 3 aliphatic rings. The predicted molar refractivity (Wildman–Crippen MR) is 87.9 cm³/mol. The van der Waals surface area contributed by atoms with Gasteiger partial charge in [0.15, 0.2) is 5.11 Å². The molecule has 2 heterocycles. The van der Waals surface area contributed by atoms with Crippen LogP contribution in [0.1, 0.15) is 51.4 Å². The predicted octanol–water partition coefficient (Wildman–Crippen LogP) is 2.61. The summed E-state index contributed by atoms with van der Waals surface area (Å²) in [7, 11) is 2.21. The third-order valence-electron chi connectivity index (χ3n) is 5.55. The second kappa shape index (κ2) is 6.61. The van der Waals surface area contributed by atoms with Gasteiger partial charge in [-0.25, -0.2) is 0 Å². The van der Waals surface area contributed by atoms with Gasteiger partial charge in [-0.1, -0.05) is 12.8 Å². The molecule has 0 amide bonds. The van der Waals surface area contributed by atoms with E-state index in [-0.39, 0.29) is 0 Å². The number of likely N-dealkylation sites (tertiary alicyclic amines) is 2. The monoisotopic (exact) mass is 295 g/mol. The molecule has 2 saturated heterocycles. The maximum Gasteiger partial charge on any atom is 0.169 e. The van der Waals surface area contributed by atoms with Gasteiger partial charge in [-0.15, -0.1) is 0 Å². The number of rotatable bonds is 2. The van der Waals surface area contributed by atoms with Crippen LogP contribution in [0.5, 0.6) is 0 Å². The average molecular weight is 295 g/mol. The van der Waals surface area contributed by atoms with E-state index >= 15 is 0 Å². The minimum Gasteiger partial charge on any atom is -0.360 e. The topological polar surface area (TPSA) is 18.5 Å². The summed E-state index contributed by atoms with van der Waals surface area (Å²) in [6.07, 6.45) is 10.9. The van der Waals surface area contributed by atoms with E-state index in [0.717, 1.165) is 17.1 Å². The Morgan fingerprint density at radius 1 is 0.950 bits per heavy atom. The number of thiocarbonyl (C=S) groups is 1. The molecule has 0 radical (unpaired) electrons. The fraction of sp³-hybridized carbons (Fsp3) is 0.938. The summed E-state index contributed by atoms with van der Waals surface area (Å²) in [6, 6.07) is 1.34. The van der Waals surface area contributed by atoms with Crippen LogP contribution < -0.4 is 5.32 Å². The Hall–Kier alpha value is -0.350. The van der Waals surface area contributed by atoms with E-state index in [4.69, 9.17) is 12.2 Å². The quantitative estimate of drug-likeness (QED) is 0.789. The summed E-state index contributed by atoms with van der Waals surface area (Å²) in [5.74, 6) is 0.912. The second-order valence-corrected chi connectivity index (χ2v) is 7.36. The highest BCUT2D eigenvalue weighted by Gasteiger charge is 2.35. The fourth-order valence-electron chi connectivity index (χ4n) is 4.29.